The van der Waals surface area contributed by atoms with Gasteiger partial charge in [-0.2, -0.15) is 0 Å². The first kappa shape index (κ1) is 18.8. The normalized spacial score (nSPS) is 13.9. The van der Waals surface area contributed by atoms with Crippen molar-refractivity contribution in [2.75, 3.05) is 44.0 Å². The molecule has 3 aromatic rings. The van der Waals surface area contributed by atoms with Crippen LogP contribution in [0.3, 0.4) is 0 Å². The van der Waals surface area contributed by atoms with Gasteiger partial charge in [0.25, 0.3) is 0 Å². The Kier molecular flexibility index (Phi) is 5.35. The molecule has 1 aliphatic rings. The molecule has 148 valence electrons. The summed E-state index contributed by atoms with van der Waals surface area (Å²) in [6.45, 7) is 2.86. The van der Waals surface area contributed by atoms with Crippen LogP contribution in [-0.4, -0.2) is 54.1 Å². The summed E-state index contributed by atoms with van der Waals surface area (Å²) in [6.07, 6.45) is 3.16. The maximum absolute atomic E-state index is 8.72. The molecule has 8 nitrogen and oxygen atoms in total. The molecule has 8 heteroatoms. The van der Waals surface area contributed by atoms with Gasteiger partial charge in [-0.15, -0.1) is 0 Å². The van der Waals surface area contributed by atoms with Gasteiger partial charge >= 0.3 is 0 Å². The van der Waals surface area contributed by atoms with E-state index in [9.17, 15) is 0 Å². The van der Waals surface area contributed by atoms with Crippen molar-refractivity contribution >= 4 is 17.2 Å². The topological polar surface area (TPSA) is 110 Å². The number of nitrogens with one attached hydrogen (secondary N) is 1. The molecule has 29 heavy (non-hydrogen) atoms. The zero-order valence-electron chi connectivity index (χ0n) is 16.1. The van der Waals surface area contributed by atoms with Gasteiger partial charge in [0.15, 0.2) is 0 Å². The van der Waals surface area contributed by atoms with Gasteiger partial charge in [0.1, 0.15) is 12.1 Å². The highest BCUT2D eigenvalue weighted by molar-refractivity contribution is 6.13. The Balaban J connectivity index is 1.69. The number of ether oxygens (including phenoxy) is 2. The number of pyridine rings is 1. The quantitative estimate of drug-likeness (QED) is 0.508. The van der Waals surface area contributed by atoms with Crippen LogP contribution in [0.4, 0.5) is 11.5 Å². The third-order valence-corrected chi connectivity index (χ3v) is 4.84. The molecular formula is C21H22N6O2. The lowest BCUT2D eigenvalue weighted by molar-refractivity contribution is 0.122. The maximum atomic E-state index is 8.72. The fourth-order valence-electron chi connectivity index (χ4n) is 3.30. The lowest BCUT2D eigenvalue weighted by Crippen LogP contribution is -2.36. The molecule has 0 bridgehead atoms. The SMILES string of the molecule is COc1ncccc1-c1ccc(N)c(C(=N)c2cc(N3CCOCC3)ncn2)c1. The molecule has 0 spiro atoms. The Morgan fingerprint density at radius 3 is 2.76 bits per heavy atom. The van der Waals surface area contributed by atoms with Gasteiger partial charge in [-0.3, -0.25) is 5.41 Å². The number of aromatic nitrogens is 3. The second-order valence-corrected chi connectivity index (χ2v) is 6.60. The van der Waals surface area contributed by atoms with Gasteiger partial charge < -0.3 is 20.1 Å². The average molecular weight is 390 g/mol. The highest BCUT2D eigenvalue weighted by atomic mass is 16.5. The van der Waals surface area contributed by atoms with Gasteiger partial charge in [0.05, 0.1) is 31.7 Å². The number of anilines is 2. The van der Waals surface area contributed by atoms with Crippen molar-refractivity contribution < 1.29 is 9.47 Å². The summed E-state index contributed by atoms with van der Waals surface area (Å²) in [6, 6.07) is 11.1. The van der Waals surface area contributed by atoms with Crippen LogP contribution in [0.15, 0.2) is 48.9 Å². The molecule has 0 aliphatic carbocycles. The van der Waals surface area contributed by atoms with Crippen molar-refractivity contribution in [3.8, 4) is 17.0 Å². The molecule has 4 rings (SSSR count). The van der Waals surface area contributed by atoms with E-state index in [0.717, 1.165) is 30.0 Å². The number of hydrogen-bond acceptors (Lipinski definition) is 8. The van der Waals surface area contributed by atoms with Crippen molar-refractivity contribution in [1.29, 1.82) is 5.41 Å². The first-order valence-corrected chi connectivity index (χ1v) is 9.30. The largest absolute Gasteiger partial charge is 0.481 e. The standard InChI is InChI=1S/C21H22N6O2/c1-28-21-15(3-2-6-24-21)14-4-5-17(22)16(11-14)20(23)18-12-19(26-13-25-18)27-7-9-29-10-8-27/h2-6,11-13,23H,7-10,22H2,1H3. The van der Waals surface area contributed by atoms with Crippen LogP contribution >= 0.6 is 0 Å². The number of methoxy groups -OCH3 is 1. The van der Waals surface area contributed by atoms with Crippen LogP contribution in [0.5, 0.6) is 5.88 Å². The van der Waals surface area contributed by atoms with E-state index >= 15 is 0 Å². The zero-order chi connectivity index (χ0) is 20.2. The Labute approximate surface area is 168 Å². The van der Waals surface area contributed by atoms with Crippen LogP contribution in [-0.2, 0) is 4.74 Å². The number of hydrogen-bond donors (Lipinski definition) is 2. The third kappa shape index (κ3) is 3.88. The van der Waals surface area contributed by atoms with Gasteiger partial charge in [-0.1, -0.05) is 6.07 Å². The van der Waals surface area contributed by atoms with Gasteiger partial charge in [0.2, 0.25) is 5.88 Å². The molecule has 1 aromatic carbocycles. The average Bonchev–Trinajstić information content (AvgIpc) is 2.79. The number of rotatable bonds is 5. The lowest BCUT2D eigenvalue weighted by atomic mass is 9.98. The minimum atomic E-state index is 0.240. The maximum Gasteiger partial charge on any atom is 0.221 e. The highest BCUT2D eigenvalue weighted by Crippen LogP contribution is 2.30. The molecule has 2 aromatic heterocycles. The number of nitrogens with two attached hydrogens (primary N) is 1. The van der Waals surface area contributed by atoms with Gasteiger partial charge in [0, 0.05) is 42.2 Å². The van der Waals surface area contributed by atoms with Crippen LogP contribution in [0.25, 0.3) is 11.1 Å². The van der Waals surface area contributed by atoms with E-state index in [-0.39, 0.29) is 5.71 Å². The smallest absolute Gasteiger partial charge is 0.221 e. The number of benzene rings is 1. The molecule has 0 radical (unpaired) electrons. The molecule has 0 atom stereocenters. The Bertz CT molecular complexity index is 1030. The van der Waals surface area contributed by atoms with Gasteiger partial charge in [-0.25, -0.2) is 15.0 Å². The second-order valence-electron chi connectivity index (χ2n) is 6.60. The molecule has 0 unspecified atom stereocenters. The molecule has 1 fully saturated rings. The predicted molar refractivity (Wildman–Crippen MR) is 112 cm³/mol. The van der Waals surface area contributed by atoms with E-state index in [4.69, 9.17) is 20.6 Å². The number of morpholine rings is 1. The molecule has 1 aliphatic heterocycles. The van der Waals surface area contributed by atoms with Gasteiger partial charge in [-0.05, 0) is 29.8 Å². The summed E-state index contributed by atoms with van der Waals surface area (Å²) in [7, 11) is 1.58. The summed E-state index contributed by atoms with van der Waals surface area (Å²) in [5.41, 5.74) is 9.76. The number of nitrogen functional groups attached to an aromatic ring is 1. The summed E-state index contributed by atoms with van der Waals surface area (Å²) >= 11 is 0. The summed E-state index contributed by atoms with van der Waals surface area (Å²) < 4.78 is 10.8. The van der Waals surface area contributed by atoms with Crippen LogP contribution in [0.2, 0.25) is 0 Å². The van der Waals surface area contributed by atoms with Crippen molar-refractivity contribution in [3.05, 3.63) is 60.2 Å². The van der Waals surface area contributed by atoms with E-state index in [0.29, 0.717) is 36.0 Å². The summed E-state index contributed by atoms with van der Waals surface area (Å²) in [5.74, 6) is 1.30. The van der Waals surface area contributed by atoms with E-state index in [2.05, 4.69) is 19.9 Å². The van der Waals surface area contributed by atoms with Crippen molar-refractivity contribution in [2.24, 2.45) is 0 Å². The molecule has 0 saturated carbocycles. The summed E-state index contributed by atoms with van der Waals surface area (Å²) in [5, 5.41) is 8.72. The minimum absolute atomic E-state index is 0.240. The van der Waals surface area contributed by atoms with Crippen LogP contribution in [0, 0.1) is 5.41 Å². The molecule has 3 N–H and O–H groups in total. The Morgan fingerprint density at radius 1 is 1.14 bits per heavy atom. The highest BCUT2D eigenvalue weighted by Gasteiger charge is 2.17. The Morgan fingerprint density at radius 2 is 1.97 bits per heavy atom. The van der Waals surface area contributed by atoms with E-state index in [1.807, 2.05) is 30.3 Å². The Hall–Kier alpha value is -3.52. The molecule has 3 heterocycles. The predicted octanol–water partition coefficient (Wildman–Crippen LogP) is 2.38. The lowest BCUT2D eigenvalue weighted by Gasteiger charge is -2.27. The molecule has 1 saturated heterocycles. The van der Waals surface area contributed by atoms with E-state index in [1.165, 1.54) is 6.33 Å². The van der Waals surface area contributed by atoms with Crippen LogP contribution in [0.1, 0.15) is 11.3 Å². The molecule has 0 amide bonds. The van der Waals surface area contributed by atoms with Crippen molar-refractivity contribution in [3.63, 3.8) is 0 Å². The number of nitrogens with zero attached hydrogens (tertiary/aromatic N) is 4. The monoisotopic (exact) mass is 390 g/mol. The zero-order valence-corrected chi connectivity index (χ0v) is 16.1. The fourth-order valence-corrected chi connectivity index (χ4v) is 3.30. The second kappa shape index (κ2) is 8.24. The first-order valence-electron chi connectivity index (χ1n) is 9.30. The first-order chi connectivity index (χ1) is 14.2. The van der Waals surface area contributed by atoms with Crippen LogP contribution < -0.4 is 15.4 Å². The van der Waals surface area contributed by atoms with E-state index in [1.54, 1.807) is 19.4 Å². The van der Waals surface area contributed by atoms with E-state index < -0.39 is 0 Å². The molecular weight excluding hydrogens is 368 g/mol. The fraction of sp³-hybridized carbons (Fsp3) is 0.238. The van der Waals surface area contributed by atoms with Crippen molar-refractivity contribution in [2.45, 2.75) is 0 Å². The summed E-state index contributed by atoms with van der Waals surface area (Å²) in [4.78, 5) is 15.0. The van der Waals surface area contributed by atoms with Crippen molar-refractivity contribution in [1.82, 2.24) is 15.0 Å². The third-order valence-electron chi connectivity index (χ3n) is 4.84. The minimum Gasteiger partial charge on any atom is -0.481 e.